The number of benzene rings is 1. The summed E-state index contributed by atoms with van der Waals surface area (Å²) in [4.78, 5) is 0. The van der Waals surface area contributed by atoms with Crippen LogP contribution in [0.4, 0.5) is 0 Å². The largest absolute Gasteiger partial charge is 0.313 e. The van der Waals surface area contributed by atoms with E-state index in [4.69, 9.17) is 0 Å². The van der Waals surface area contributed by atoms with Crippen LogP contribution in [0, 0.1) is 0 Å². The van der Waals surface area contributed by atoms with E-state index in [1.165, 1.54) is 11.1 Å². The Morgan fingerprint density at radius 1 is 1.33 bits per heavy atom. The fraction of sp³-hybridized carbons (Fsp3) is 0.357. The standard InChI is InChI=1S/C14H18BrN3/c1-2-6-16-8-13-9-17-18(11-13)10-12-4-3-5-14(15)7-12/h3-5,7,9,11,16H,2,6,8,10H2,1H3. The van der Waals surface area contributed by atoms with Gasteiger partial charge in [-0.1, -0.05) is 35.0 Å². The minimum atomic E-state index is 0.813. The van der Waals surface area contributed by atoms with Crippen molar-refractivity contribution in [2.75, 3.05) is 6.54 Å². The molecule has 2 rings (SSSR count). The maximum atomic E-state index is 4.38. The molecule has 0 spiro atoms. The van der Waals surface area contributed by atoms with Gasteiger partial charge in [0.1, 0.15) is 0 Å². The average molecular weight is 308 g/mol. The van der Waals surface area contributed by atoms with Gasteiger partial charge in [0.2, 0.25) is 0 Å². The molecule has 2 aromatic rings. The first-order valence-corrected chi connectivity index (χ1v) is 7.03. The highest BCUT2D eigenvalue weighted by Crippen LogP contribution is 2.12. The summed E-state index contributed by atoms with van der Waals surface area (Å²) in [5.74, 6) is 0. The monoisotopic (exact) mass is 307 g/mol. The third-order valence-electron chi connectivity index (χ3n) is 2.68. The summed E-state index contributed by atoms with van der Waals surface area (Å²) >= 11 is 3.48. The van der Waals surface area contributed by atoms with Crippen molar-refractivity contribution in [3.8, 4) is 0 Å². The molecule has 0 amide bonds. The number of nitrogens with zero attached hydrogens (tertiary/aromatic N) is 2. The molecule has 18 heavy (non-hydrogen) atoms. The predicted octanol–water partition coefficient (Wildman–Crippen LogP) is 3.19. The molecule has 0 unspecified atom stereocenters. The third-order valence-corrected chi connectivity index (χ3v) is 3.17. The zero-order valence-corrected chi connectivity index (χ0v) is 12.2. The van der Waals surface area contributed by atoms with Gasteiger partial charge >= 0.3 is 0 Å². The molecule has 0 bridgehead atoms. The van der Waals surface area contributed by atoms with E-state index in [0.29, 0.717) is 0 Å². The Kier molecular flexibility index (Phi) is 4.96. The van der Waals surface area contributed by atoms with Crippen molar-refractivity contribution < 1.29 is 0 Å². The molecule has 1 N–H and O–H groups in total. The van der Waals surface area contributed by atoms with Gasteiger partial charge in [0.15, 0.2) is 0 Å². The lowest BCUT2D eigenvalue weighted by molar-refractivity contribution is 0.668. The zero-order chi connectivity index (χ0) is 12.8. The van der Waals surface area contributed by atoms with Gasteiger partial charge in [-0.3, -0.25) is 4.68 Å². The first-order valence-electron chi connectivity index (χ1n) is 6.24. The highest BCUT2D eigenvalue weighted by atomic mass is 79.9. The van der Waals surface area contributed by atoms with Crippen molar-refractivity contribution in [2.45, 2.75) is 26.4 Å². The predicted molar refractivity (Wildman–Crippen MR) is 77.5 cm³/mol. The number of aromatic nitrogens is 2. The van der Waals surface area contributed by atoms with Crippen molar-refractivity contribution >= 4 is 15.9 Å². The van der Waals surface area contributed by atoms with E-state index in [2.05, 4.69) is 51.6 Å². The molecule has 0 aliphatic heterocycles. The van der Waals surface area contributed by atoms with Crippen LogP contribution < -0.4 is 5.32 Å². The molecular formula is C14H18BrN3. The number of nitrogens with one attached hydrogen (secondary N) is 1. The summed E-state index contributed by atoms with van der Waals surface area (Å²) in [7, 11) is 0. The molecule has 1 aromatic carbocycles. The quantitative estimate of drug-likeness (QED) is 0.831. The van der Waals surface area contributed by atoms with Crippen LogP contribution in [-0.2, 0) is 13.1 Å². The van der Waals surface area contributed by atoms with Gasteiger partial charge in [-0.2, -0.15) is 5.10 Å². The van der Waals surface area contributed by atoms with Crippen molar-refractivity contribution in [1.82, 2.24) is 15.1 Å². The van der Waals surface area contributed by atoms with Crippen molar-refractivity contribution in [3.05, 3.63) is 52.3 Å². The van der Waals surface area contributed by atoms with Crippen LogP contribution in [0.5, 0.6) is 0 Å². The highest BCUT2D eigenvalue weighted by molar-refractivity contribution is 9.10. The Morgan fingerprint density at radius 2 is 2.22 bits per heavy atom. The summed E-state index contributed by atoms with van der Waals surface area (Å²) in [6, 6.07) is 8.32. The molecule has 3 nitrogen and oxygen atoms in total. The normalized spacial score (nSPS) is 10.8. The molecule has 4 heteroatoms. The molecular weight excluding hydrogens is 290 g/mol. The Bertz CT molecular complexity index is 493. The number of halogens is 1. The first kappa shape index (κ1) is 13.3. The second-order valence-electron chi connectivity index (χ2n) is 4.35. The fourth-order valence-corrected chi connectivity index (χ4v) is 2.26. The molecule has 0 saturated heterocycles. The molecule has 1 aromatic heterocycles. The molecule has 1 heterocycles. The summed E-state index contributed by atoms with van der Waals surface area (Å²) in [6.45, 7) is 4.93. The molecule has 96 valence electrons. The highest BCUT2D eigenvalue weighted by Gasteiger charge is 2.00. The summed E-state index contributed by atoms with van der Waals surface area (Å²) in [5.41, 5.74) is 2.49. The van der Waals surface area contributed by atoms with Gasteiger partial charge in [-0.25, -0.2) is 0 Å². The maximum absolute atomic E-state index is 4.38. The van der Waals surface area contributed by atoms with E-state index in [1.54, 1.807) is 0 Å². The van der Waals surface area contributed by atoms with Crippen LogP contribution in [0.1, 0.15) is 24.5 Å². The first-order chi connectivity index (χ1) is 8.78. The number of hydrogen-bond donors (Lipinski definition) is 1. The van der Waals surface area contributed by atoms with Crippen LogP contribution in [-0.4, -0.2) is 16.3 Å². The lowest BCUT2D eigenvalue weighted by Gasteiger charge is -2.02. The Labute approximate surface area is 116 Å². The molecule has 0 radical (unpaired) electrons. The van der Waals surface area contributed by atoms with Gasteiger partial charge in [0.25, 0.3) is 0 Å². The van der Waals surface area contributed by atoms with Crippen molar-refractivity contribution in [1.29, 1.82) is 0 Å². The van der Waals surface area contributed by atoms with Gasteiger partial charge in [0, 0.05) is 22.8 Å². The summed E-state index contributed by atoms with van der Waals surface area (Å²) in [6.07, 6.45) is 5.19. The van der Waals surface area contributed by atoms with E-state index >= 15 is 0 Å². The second-order valence-corrected chi connectivity index (χ2v) is 5.27. The molecule has 0 saturated carbocycles. The van der Waals surface area contributed by atoms with Gasteiger partial charge in [-0.05, 0) is 30.7 Å². The fourth-order valence-electron chi connectivity index (χ4n) is 1.82. The van der Waals surface area contributed by atoms with Gasteiger partial charge < -0.3 is 5.32 Å². The van der Waals surface area contributed by atoms with Crippen molar-refractivity contribution in [3.63, 3.8) is 0 Å². The van der Waals surface area contributed by atoms with E-state index in [9.17, 15) is 0 Å². The van der Waals surface area contributed by atoms with Crippen LogP contribution in [0.3, 0.4) is 0 Å². The molecule has 0 fully saturated rings. The summed E-state index contributed by atoms with van der Waals surface area (Å²) < 4.78 is 3.09. The smallest absolute Gasteiger partial charge is 0.0659 e. The van der Waals surface area contributed by atoms with E-state index < -0.39 is 0 Å². The lowest BCUT2D eigenvalue weighted by atomic mass is 10.2. The van der Waals surface area contributed by atoms with Crippen molar-refractivity contribution in [2.24, 2.45) is 0 Å². The minimum absolute atomic E-state index is 0.813. The maximum Gasteiger partial charge on any atom is 0.0659 e. The Hall–Kier alpha value is -1.13. The van der Waals surface area contributed by atoms with E-state index in [-0.39, 0.29) is 0 Å². The topological polar surface area (TPSA) is 29.9 Å². The van der Waals surface area contributed by atoms with E-state index in [1.807, 2.05) is 23.0 Å². The lowest BCUT2D eigenvalue weighted by Crippen LogP contribution is -2.13. The zero-order valence-electron chi connectivity index (χ0n) is 10.6. The van der Waals surface area contributed by atoms with Gasteiger partial charge in [0.05, 0.1) is 12.7 Å². The van der Waals surface area contributed by atoms with Crippen LogP contribution in [0.15, 0.2) is 41.1 Å². The number of rotatable bonds is 6. The minimum Gasteiger partial charge on any atom is -0.313 e. The molecule has 0 aliphatic carbocycles. The summed E-state index contributed by atoms with van der Waals surface area (Å²) in [5, 5.41) is 7.76. The molecule has 0 aliphatic rings. The van der Waals surface area contributed by atoms with Crippen LogP contribution in [0.25, 0.3) is 0 Å². The van der Waals surface area contributed by atoms with Crippen LogP contribution in [0.2, 0.25) is 0 Å². The third kappa shape index (κ3) is 3.96. The number of hydrogen-bond acceptors (Lipinski definition) is 2. The Balaban J connectivity index is 1.94. The van der Waals surface area contributed by atoms with E-state index in [0.717, 1.165) is 30.5 Å². The van der Waals surface area contributed by atoms with Gasteiger partial charge in [-0.15, -0.1) is 0 Å². The SMILES string of the molecule is CCCNCc1cnn(Cc2cccc(Br)c2)c1. The molecule has 0 atom stereocenters. The average Bonchev–Trinajstić information content (AvgIpc) is 2.77. The Morgan fingerprint density at radius 3 is 3.00 bits per heavy atom. The van der Waals surface area contributed by atoms with Crippen LogP contribution >= 0.6 is 15.9 Å². The second kappa shape index (κ2) is 6.71.